The van der Waals surface area contributed by atoms with E-state index in [2.05, 4.69) is 6.92 Å². The first-order valence-electron chi connectivity index (χ1n) is 11.8. The highest BCUT2D eigenvalue weighted by atomic mass is 16.6. The summed E-state index contributed by atoms with van der Waals surface area (Å²) in [7, 11) is 0. The molecule has 1 atom stereocenters. The molecular formula is C23H43NO4. The highest BCUT2D eigenvalue weighted by molar-refractivity contribution is 5.81. The standard InChI is InChI=1S/C23H43NO4/c1-3-5-6-7-8-9-10-11-12-13-16-20-27-22(25)21-17-14-15-18-24(21)23(26)28-19-4-2/h21H,3-20H2,1-2H3. The maximum atomic E-state index is 12.4. The minimum absolute atomic E-state index is 0.264. The van der Waals surface area contributed by atoms with Crippen molar-refractivity contribution in [1.82, 2.24) is 4.90 Å². The minimum atomic E-state index is -0.467. The number of ether oxygens (including phenoxy) is 2. The molecule has 0 N–H and O–H groups in total. The van der Waals surface area contributed by atoms with Crippen LogP contribution >= 0.6 is 0 Å². The summed E-state index contributed by atoms with van der Waals surface area (Å²) in [4.78, 5) is 26.1. The van der Waals surface area contributed by atoms with Crippen molar-refractivity contribution >= 4 is 12.1 Å². The number of unbranched alkanes of at least 4 members (excludes halogenated alkanes) is 10. The number of carbonyl (C=O) groups excluding carboxylic acids is 2. The molecule has 0 aliphatic carbocycles. The molecule has 1 heterocycles. The van der Waals surface area contributed by atoms with Crippen LogP contribution < -0.4 is 0 Å². The highest BCUT2D eigenvalue weighted by Gasteiger charge is 2.34. The van der Waals surface area contributed by atoms with Gasteiger partial charge in [0.1, 0.15) is 6.04 Å². The van der Waals surface area contributed by atoms with Crippen LogP contribution in [0, 0.1) is 0 Å². The number of likely N-dealkylation sites (tertiary alicyclic amines) is 1. The summed E-state index contributed by atoms with van der Waals surface area (Å²) >= 11 is 0. The molecule has 1 amide bonds. The lowest BCUT2D eigenvalue weighted by atomic mass is 10.0. The van der Waals surface area contributed by atoms with E-state index in [-0.39, 0.29) is 12.1 Å². The maximum absolute atomic E-state index is 12.4. The molecule has 0 radical (unpaired) electrons. The van der Waals surface area contributed by atoms with Gasteiger partial charge in [0.25, 0.3) is 0 Å². The molecule has 1 unspecified atom stereocenters. The highest BCUT2D eigenvalue weighted by Crippen LogP contribution is 2.19. The predicted octanol–water partition coefficient (Wildman–Crippen LogP) is 6.24. The Bertz CT molecular complexity index is 413. The smallest absolute Gasteiger partial charge is 0.410 e. The van der Waals surface area contributed by atoms with E-state index in [0.29, 0.717) is 26.2 Å². The van der Waals surface area contributed by atoms with Crippen molar-refractivity contribution in [2.24, 2.45) is 0 Å². The fourth-order valence-corrected chi connectivity index (χ4v) is 3.70. The van der Waals surface area contributed by atoms with Gasteiger partial charge < -0.3 is 9.47 Å². The van der Waals surface area contributed by atoms with Crippen molar-refractivity contribution in [3.05, 3.63) is 0 Å². The van der Waals surface area contributed by atoms with Crippen molar-refractivity contribution in [1.29, 1.82) is 0 Å². The number of piperidine rings is 1. The average molecular weight is 398 g/mol. The van der Waals surface area contributed by atoms with E-state index in [4.69, 9.17) is 9.47 Å². The monoisotopic (exact) mass is 397 g/mol. The van der Waals surface area contributed by atoms with Crippen molar-refractivity contribution in [3.8, 4) is 0 Å². The van der Waals surface area contributed by atoms with Gasteiger partial charge in [0.05, 0.1) is 13.2 Å². The molecule has 0 saturated carbocycles. The Hall–Kier alpha value is -1.26. The Morgan fingerprint density at radius 1 is 0.750 bits per heavy atom. The molecule has 0 bridgehead atoms. The minimum Gasteiger partial charge on any atom is -0.464 e. The van der Waals surface area contributed by atoms with Gasteiger partial charge in [-0.1, -0.05) is 78.1 Å². The van der Waals surface area contributed by atoms with Crippen LogP contribution in [-0.2, 0) is 14.3 Å². The van der Waals surface area contributed by atoms with Crippen LogP contribution in [0.4, 0.5) is 4.79 Å². The second kappa shape index (κ2) is 16.7. The molecule has 1 rings (SSSR count). The predicted molar refractivity (Wildman–Crippen MR) is 113 cm³/mol. The van der Waals surface area contributed by atoms with E-state index >= 15 is 0 Å². The maximum Gasteiger partial charge on any atom is 0.410 e. The molecular weight excluding hydrogens is 354 g/mol. The van der Waals surface area contributed by atoms with E-state index < -0.39 is 6.04 Å². The first-order valence-corrected chi connectivity index (χ1v) is 11.8. The summed E-state index contributed by atoms with van der Waals surface area (Å²) in [5.41, 5.74) is 0. The zero-order valence-electron chi connectivity index (χ0n) is 18.4. The summed E-state index contributed by atoms with van der Waals surface area (Å²) in [6.45, 7) is 5.66. The number of rotatable bonds is 15. The molecule has 0 aromatic rings. The third kappa shape index (κ3) is 10.9. The van der Waals surface area contributed by atoms with E-state index in [1.807, 2.05) is 6.92 Å². The lowest BCUT2D eigenvalue weighted by Crippen LogP contribution is -2.49. The van der Waals surface area contributed by atoms with Gasteiger partial charge in [-0.05, 0) is 32.1 Å². The van der Waals surface area contributed by atoms with Crippen molar-refractivity contribution in [2.75, 3.05) is 19.8 Å². The summed E-state index contributed by atoms with van der Waals surface area (Å²) in [5.74, 6) is -0.264. The van der Waals surface area contributed by atoms with Crippen molar-refractivity contribution in [3.63, 3.8) is 0 Å². The zero-order valence-corrected chi connectivity index (χ0v) is 18.4. The molecule has 28 heavy (non-hydrogen) atoms. The molecule has 1 fully saturated rings. The fraction of sp³-hybridized carbons (Fsp3) is 0.913. The summed E-state index contributed by atoms with van der Waals surface area (Å²) < 4.78 is 10.7. The lowest BCUT2D eigenvalue weighted by Gasteiger charge is -2.33. The molecule has 1 saturated heterocycles. The molecule has 0 aromatic carbocycles. The second-order valence-corrected chi connectivity index (χ2v) is 8.02. The first-order chi connectivity index (χ1) is 13.7. The molecule has 0 aromatic heterocycles. The molecule has 164 valence electrons. The molecule has 5 nitrogen and oxygen atoms in total. The van der Waals surface area contributed by atoms with Crippen LogP contribution in [0.25, 0.3) is 0 Å². The Morgan fingerprint density at radius 3 is 1.96 bits per heavy atom. The lowest BCUT2D eigenvalue weighted by molar-refractivity contribution is -0.150. The van der Waals surface area contributed by atoms with Gasteiger partial charge >= 0.3 is 12.1 Å². The number of nitrogens with zero attached hydrogens (tertiary/aromatic N) is 1. The number of esters is 1. The van der Waals surface area contributed by atoms with Crippen LogP contribution in [0.5, 0.6) is 0 Å². The number of carbonyl (C=O) groups is 2. The van der Waals surface area contributed by atoms with Gasteiger partial charge in [0.2, 0.25) is 0 Å². The average Bonchev–Trinajstić information content (AvgIpc) is 2.72. The largest absolute Gasteiger partial charge is 0.464 e. The van der Waals surface area contributed by atoms with Gasteiger partial charge in [0, 0.05) is 6.54 Å². The number of hydrogen-bond donors (Lipinski definition) is 0. The van der Waals surface area contributed by atoms with Crippen LogP contribution in [0.3, 0.4) is 0 Å². The molecule has 0 spiro atoms. The van der Waals surface area contributed by atoms with Crippen LogP contribution in [-0.4, -0.2) is 42.8 Å². The van der Waals surface area contributed by atoms with Crippen LogP contribution in [0.1, 0.15) is 110 Å². The van der Waals surface area contributed by atoms with Crippen LogP contribution in [0.2, 0.25) is 0 Å². The Kier molecular flexibility index (Phi) is 14.8. The third-order valence-corrected chi connectivity index (χ3v) is 5.43. The van der Waals surface area contributed by atoms with Crippen molar-refractivity contribution in [2.45, 2.75) is 116 Å². The van der Waals surface area contributed by atoms with E-state index in [1.54, 1.807) is 4.90 Å². The van der Waals surface area contributed by atoms with E-state index in [1.165, 1.54) is 57.8 Å². The fourth-order valence-electron chi connectivity index (χ4n) is 3.70. The normalized spacial score (nSPS) is 16.8. The Labute approximate surface area is 172 Å². The van der Waals surface area contributed by atoms with Gasteiger partial charge in [-0.25, -0.2) is 9.59 Å². The quantitative estimate of drug-likeness (QED) is 0.242. The van der Waals surface area contributed by atoms with Gasteiger partial charge in [-0.3, -0.25) is 4.90 Å². The Morgan fingerprint density at radius 2 is 1.36 bits per heavy atom. The number of hydrogen-bond acceptors (Lipinski definition) is 4. The third-order valence-electron chi connectivity index (χ3n) is 5.43. The summed E-state index contributed by atoms with van der Waals surface area (Å²) in [6, 6.07) is -0.467. The first kappa shape index (κ1) is 24.8. The van der Waals surface area contributed by atoms with Gasteiger partial charge in [-0.2, -0.15) is 0 Å². The second-order valence-electron chi connectivity index (χ2n) is 8.02. The van der Waals surface area contributed by atoms with Crippen molar-refractivity contribution < 1.29 is 19.1 Å². The molecule has 1 aliphatic heterocycles. The molecule has 1 aliphatic rings. The topological polar surface area (TPSA) is 55.8 Å². The summed E-state index contributed by atoms with van der Waals surface area (Å²) in [5, 5.41) is 0. The SMILES string of the molecule is CCCCCCCCCCCCCOC(=O)C1CCCCN1C(=O)OCCC. The van der Waals surface area contributed by atoms with E-state index in [0.717, 1.165) is 32.1 Å². The number of amides is 1. The Balaban J connectivity index is 2.07. The molecule has 5 heteroatoms. The van der Waals surface area contributed by atoms with Gasteiger partial charge in [0.15, 0.2) is 0 Å². The van der Waals surface area contributed by atoms with E-state index in [9.17, 15) is 9.59 Å². The summed E-state index contributed by atoms with van der Waals surface area (Å²) in [6.07, 6.45) is 17.0. The zero-order chi connectivity index (χ0) is 20.5. The van der Waals surface area contributed by atoms with Gasteiger partial charge in [-0.15, -0.1) is 0 Å². The van der Waals surface area contributed by atoms with Crippen LogP contribution in [0.15, 0.2) is 0 Å².